The Morgan fingerprint density at radius 1 is 1.00 bits per heavy atom. The first-order chi connectivity index (χ1) is 18.7. The van der Waals surface area contributed by atoms with Crippen LogP contribution in [0.25, 0.3) is 22.5 Å². The van der Waals surface area contributed by atoms with Gasteiger partial charge in [0.05, 0.1) is 0 Å². The summed E-state index contributed by atoms with van der Waals surface area (Å²) in [5.74, 6) is 0.819. The van der Waals surface area contributed by atoms with Crippen molar-refractivity contribution in [1.29, 1.82) is 0 Å². The van der Waals surface area contributed by atoms with Crippen molar-refractivity contribution in [3.63, 3.8) is 0 Å². The zero-order valence-electron chi connectivity index (χ0n) is 22.0. The highest BCUT2D eigenvalue weighted by molar-refractivity contribution is 5.95. The number of hydrogen-bond acceptors (Lipinski definition) is 6. The maximum absolute atomic E-state index is 13.5. The molecule has 3 heterocycles. The summed E-state index contributed by atoms with van der Waals surface area (Å²) in [5.41, 5.74) is 4.89. The fraction of sp³-hybridized carbons (Fsp3) is 0.484. The molecular formula is C31H36N4O3. The summed E-state index contributed by atoms with van der Waals surface area (Å²) in [6, 6.07) is 11.5. The van der Waals surface area contributed by atoms with Crippen LogP contribution in [0.2, 0.25) is 0 Å². The second-order valence-electron chi connectivity index (χ2n) is 11.2. The van der Waals surface area contributed by atoms with Crippen LogP contribution in [0.5, 0.6) is 0 Å². The molecule has 1 saturated heterocycles. The van der Waals surface area contributed by atoms with Crippen molar-refractivity contribution in [3.8, 4) is 22.5 Å². The minimum Gasteiger partial charge on any atom is -0.450 e. The van der Waals surface area contributed by atoms with Gasteiger partial charge < -0.3 is 9.73 Å². The van der Waals surface area contributed by atoms with Crippen LogP contribution in [0, 0.1) is 4.91 Å². The van der Waals surface area contributed by atoms with E-state index in [1.54, 1.807) is 12.4 Å². The number of fused-ring (bicyclic) bond motifs is 1. The molecule has 6 rings (SSSR count). The molecule has 1 aromatic carbocycles. The number of carbonyl (C=O) groups is 1. The number of aryl methyl sites for hydroxylation is 1. The number of carbonyl (C=O) groups excluding carboxylic acids is 1. The Hall–Kier alpha value is -3.32. The predicted molar refractivity (Wildman–Crippen MR) is 148 cm³/mol. The van der Waals surface area contributed by atoms with E-state index < -0.39 is 0 Å². The second-order valence-corrected chi connectivity index (χ2v) is 11.2. The molecule has 1 saturated carbocycles. The zero-order chi connectivity index (χ0) is 26.0. The van der Waals surface area contributed by atoms with Gasteiger partial charge >= 0.3 is 0 Å². The third-order valence-electron chi connectivity index (χ3n) is 8.91. The van der Waals surface area contributed by atoms with E-state index in [9.17, 15) is 9.70 Å². The summed E-state index contributed by atoms with van der Waals surface area (Å²) in [7, 11) is 0. The third kappa shape index (κ3) is 4.80. The minimum absolute atomic E-state index is 0.0564. The number of hydrogen-bond donors (Lipinski definition) is 1. The molecule has 1 aliphatic heterocycles. The molecule has 1 amide bonds. The van der Waals surface area contributed by atoms with Crippen LogP contribution in [-0.4, -0.2) is 41.0 Å². The van der Waals surface area contributed by atoms with Gasteiger partial charge in [-0.05, 0) is 92.6 Å². The molecule has 2 aromatic heterocycles. The first-order valence-electron chi connectivity index (χ1n) is 14.2. The first kappa shape index (κ1) is 25.0. The van der Waals surface area contributed by atoms with Crippen molar-refractivity contribution in [1.82, 2.24) is 15.2 Å². The van der Waals surface area contributed by atoms with Gasteiger partial charge in [0.2, 0.25) is 0 Å². The zero-order valence-corrected chi connectivity index (χ0v) is 22.0. The molecule has 7 nitrogen and oxygen atoms in total. The van der Waals surface area contributed by atoms with Crippen molar-refractivity contribution in [2.24, 2.45) is 5.18 Å². The first-order valence-corrected chi connectivity index (χ1v) is 14.2. The number of nitroso groups, excluding NO2 is 1. The molecule has 1 unspecified atom stereocenters. The van der Waals surface area contributed by atoms with Crippen LogP contribution in [0.15, 0.2) is 58.4 Å². The highest BCUT2D eigenvalue weighted by Gasteiger charge is 2.39. The van der Waals surface area contributed by atoms with Crippen LogP contribution >= 0.6 is 0 Å². The van der Waals surface area contributed by atoms with Gasteiger partial charge in [-0.15, -0.1) is 0 Å². The molecule has 3 aromatic rings. The van der Waals surface area contributed by atoms with E-state index in [-0.39, 0.29) is 17.5 Å². The summed E-state index contributed by atoms with van der Waals surface area (Å²) < 4.78 is 6.32. The van der Waals surface area contributed by atoms with Crippen molar-refractivity contribution < 1.29 is 9.21 Å². The molecular weight excluding hydrogens is 476 g/mol. The van der Waals surface area contributed by atoms with Crippen molar-refractivity contribution >= 4 is 5.91 Å². The molecule has 0 spiro atoms. The molecule has 2 fully saturated rings. The average Bonchev–Trinajstić information content (AvgIpc) is 3.62. The lowest BCUT2D eigenvalue weighted by atomic mass is 9.79. The average molecular weight is 513 g/mol. The lowest BCUT2D eigenvalue weighted by Gasteiger charge is -2.48. The molecule has 7 heteroatoms. The van der Waals surface area contributed by atoms with Gasteiger partial charge in [0.1, 0.15) is 11.8 Å². The Morgan fingerprint density at radius 3 is 2.53 bits per heavy atom. The largest absolute Gasteiger partial charge is 0.450 e. The van der Waals surface area contributed by atoms with Gasteiger partial charge in [0.25, 0.3) is 5.91 Å². The maximum Gasteiger partial charge on any atom is 0.287 e. The third-order valence-corrected chi connectivity index (χ3v) is 8.91. The van der Waals surface area contributed by atoms with E-state index in [1.165, 1.54) is 38.5 Å². The van der Waals surface area contributed by atoms with E-state index in [2.05, 4.69) is 26.4 Å². The smallest absolute Gasteiger partial charge is 0.287 e. The van der Waals surface area contributed by atoms with Gasteiger partial charge in [-0.3, -0.25) is 14.7 Å². The summed E-state index contributed by atoms with van der Waals surface area (Å²) in [5, 5.41) is 6.56. The Labute approximate surface area is 224 Å². The fourth-order valence-corrected chi connectivity index (χ4v) is 6.82. The molecule has 3 aliphatic rings. The molecule has 0 radical (unpaired) electrons. The molecule has 0 bridgehead atoms. The van der Waals surface area contributed by atoms with Gasteiger partial charge in [-0.1, -0.05) is 43.0 Å². The van der Waals surface area contributed by atoms with E-state index >= 15 is 0 Å². The second kappa shape index (κ2) is 10.8. The van der Waals surface area contributed by atoms with E-state index in [0.717, 1.165) is 66.6 Å². The Balaban J connectivity index is 1.29. The van der Waals surface area contributed by atoms with Crippen molar-refractivity contribution in [2.75, 3.05) is 19.6 Å². The number of nitrogens with one attached hydrogen (secondary N) is 1. The lowest BCUT2D eigenvalue weighted by molar-refractivity contribution is 0.0323. The normalized spacial score (nSPS) is 21.1. The molecule has 198 valence electrons. The van der Waals surface area contributed by atoms with Crippen LogP contribution in [-0.2, 0) is 6.42 Å². The van der Waals surface area contributed by atoms with Crippen molar-refractivity contribution in [2.45, 2.75) is 75.8 Å². The number of aromatic nitrogens is 1. The highest BCUT2D eigenvalue weighted by Crippen LogP contribution is 2.40. The standard InChI is InChI=1S/C31H36N4O3/c36-30(33-21-31(13-3-1-4-14-31)35-17-5-2-6-18-35)28-20-26(22-11-15-32-16-12-22)29(38-28)24-7-9-25-23(19-24)8-10-27(25)34-37/h7,9,11-12,15-16,19-20,27H,1-6,8,10,13-14,17-18,21H2,(H,33,36). The van der Waals surface area contributed by atoms with Gasteiger partial charge in [0, 0.05) is 35.6 Å². The predicted octanol–water partition coefficient (Wildman–Crippen LogP) is 6.68. The number of nitrogens with zero attached hydrogens (tertiary/aromatic N) is 3. The fourth-order valence-electron chi connectivity index (χ4n) is 6.82. The van der Waals surface area contributed by atoms with Gasteiger partial charge in [0.15, 0.2) is 5.76 Å². The Bertz CT molecular complexity index is 1290. The number of likely N-dealkylation sites (tertiary alicyclic amines) is 1. The van der Waals surface area contributed by atoms with Gasteiger partial charge in [-0.25, -0.2) is 0 Å². The van der Waals surface area contributed by atoms with E-state index in [0.29, 0.717) is 18.1 Å². The maximum atomic E-state index is 13.5. The topological polar surface area (TPSA) is 87.8 Å². The number of benzene rings is 1. The summed E-state index contributed by atoms with van der Waals surface area (Å²) in [6.07, 6.45) is 14.9. The number of amides is 1. The monoisotopic (exact) mass is 512 g/mol. The van der Waals surface area contributed by atoms with Crippen molar-refractivity contribution in [3.05, 3.63) is 70.6 Å². The molecule has 38 heavy (non-hydrogen) atoms. The number of pyridine rings is 1. The quantitative estimate of drug-likeness (QED) is 0.357. The summed E-state index contributed by atoms with van der Waals surface area (Å²) in [6.45, 7) is 2.92. The van der Waals surface area contributed by atoms with E-state index in [1.807, 2.05) is 30.3 Å². The lowest BCUT2D eigenvalue weighted by Crippen LogP contribution is -2.58. The number of rotatable bonds is 7. The summed E-state index contributed by atoms with van der Waals surface area (Å²) >= 11 is 0. The molecule has 1 atom stereocenters. The Morgan fingerprint density at radius 2 is 1.76 bits per heavy atom. The molecule has 2 aliphatic carbocycles. The SMILES string of the molecule is O=NC1CCc2cc(-c3oc(C(=O)NCC4(N5CCCCC5)CCCCC4)cc3-c3ccncc3)ccc21. The van der Waals surface area contributed by atoms with Crippen LogP contribution in [0.4, 0.5) is 0 Å². The minimum atomic E-state index is -0.274. The van der Waals surface area contributed by atoms with E-state index in [4.69, 9.17) is 4.42 Å². The van der Waals surface area contributed by atoms with Crippen LogP contribution in [0.3, 0.4) is 0 Å². The highest BCUT2D eigenvalue weighted by atomic mass is 16.4. The van der Waals surface area contributed by atoms with Gasteiger partial charge in [-0.2, -0.15) is 4.91 Å². The molecule has 1 N–H and O–H groups in total. The summed E-state index contributed by atoms with van der Waals surface area (Å²) in [4.78, 5) is 31.6. The van der Waals surface area contributed by atoms with Crippen LogP contribution in [0.1, 0.15) is 85.5 Å². The number of furan rings is 1. The van der Waals surface area contributed by atoms with Crippen LogP contribution < -0.4 is 5.32 Å². The number of piperidine rings is 1. The Kier molecular flexibility index (Phi) is 7.11.